The molecular formula is C50H57FN14O3. The number of nitrogens with one attached hydrogen (secondary N) is 2. The third-order valence-corrected chi connectivity index (χ3v) is 16.0. The van der Waals surface area contributed by atoms with Gasteiger partial charge >= 0.3 is 6.03 Å². The van der Waals surface area contributed by atoms with Crippen LogP contribution in [0.2, 0.25) is 0 Å². The average molecular weight is 921 g/mol. The number of amides is 4. The fourth-order valence-electron chi connectivity index (χ4n) is 11.5. The van der Waals surface area contributed by atoms with E-state index >= 15 is 4.39 Å². The molecule has 1 aromatic carbocycles. The number of hydrogen-bond acceptors (Lipinski definition) is 11. The summed E-state index contributed by atoms with van der Waals surface area (Å²) in [4.78, 5) is 53.9. The maximum Gasteiger partial charge on any atom is 0.329 e. The van der Waals surface area contributed by atoms with Gasteiger partial charge in [0, 0.05) is 74.1 Å². The van der Waals surface area contributed by atoms with Crippen LogP contribution in [0.1, 0.15) is 113 Å². The van der Waals surface area contributed by atoms with E-state index in [1.165, 1.54) is 16.0 Å². The smallest absolute Gasteiger partial charge is 0.329 e. The molecule has 352 valence electrons. The minimum atomic E-state index is -0.537. The van der Waals surface area contributed by atoms with Crippen LogP contribution in [0, 0.1) is 22.6 Å². The molecule has 5 aromatic heterocycles. The lowest BCUT2D eigenvalue weighted by molar-refractivity contribution is -0.134. The Bertz CT molecular complexity index is 2940. The Balaban J connectivity index is 0.727. The van der Waals surface area contributed by atoms with E-state index in [1.54, 1.807) is 17.8 Å². The number of imide groups is 1. The third kappa shape index (κ3) is 7.83. The summed E-state index contributed by atoms with van der Waals surface area (Å²) < 4.78 is 21.6. The molecule has 68 heavy (non-hydrogen) atoms. The van der Waals surface area contributed by atoms with Crippen LogP contribution in [-0.2, 0) is 16.6 Å². The molecule has 11 rings (SSSR count). The van der Waals surface area contributed by atoms with E-state index in [1.807, 2.05) is 42.9 Å². The third-order valence-electron chi connectivity index (χ3n) is 16.0. The number of urea groups is 1. The molecule has 0 unspecified atom stereocenters. The van der Waals surface area contributed by atoms with E-state index in [2.05, 4.69) is 54.5 Å². The summed E-state index contributed by atoms with van der Waals surface area (Å²) in [5.74, 6) is 0.901. The van der Waals surface area contributed by atoms with Crippen molar-refractivity contribution in [2.24, 2.45) is 12.5 Å². The zero-order valence-corrected chi connectivity index (χ0v) is 38.7. The Kier molecular flexibility index (Phi) is 11.4. The first-order valence-electron chi connectivity index (χ1n) is 24.5. The molecule has 18 heteroatoms. The summed E-state index contributed by atoms with van der Waals surface area (Å²) in [7, 11) is 1.69. The largest absolute Gasteiger partial charge is 0.357 e. The SMILES string of the molecule is CCC1(C(=O)NC2CCC2)CCN(c2ccc(-c3nc(-c4cnn(C5CCC(N6CCC(c7ccc8c(N9CCC(=O)NC9=O)nn(C)c8c7F)CC6)CC5)c4)cn4ncc(C#N)c34)cn2)CC1. The highest BCUT2D eigenvalue weighted by Gasteiger charge is 2.41. The molecule has 3 saturated heterocycles. The number of likely N-dealkylation sites (tertiary alicyclic amines) is 1. The van der Waals surface area contributed by atoms with Crippen molar-refractivity contribution in [1.29, 1.82) is 5.26 Å². The summed E-state index contributed by atoms with van der Waals surface area (Å²) in [6.07, 6.45) is 20.9. The lowest BCUT2D eigenvalue weighted by atomic mass is 9.74. The molecule has 8 heterocycles. The first-order valence-corrected chi connectivity index (χ1v) is 24.5. The van der Waals surface area contributed by atoms with Crippen molar-refractivity contribution < 1.29 is 18.8 Å². The summed E-state index contributed by atoms with van der Waals surface area (Å²) in [6, 6.07) is 10.5. The molecule has 3 aliphatic heterocycles. The van der Waals surface area contributed by atoms with Gasteiger partial charge in [0.15, 0.2) is 11.6 Å². The minimum Gasteiger partial charge on any atom is -0.357 e. The van der Waals surface area contributed by atoms with E-state index in [4.69, 9.17) is 15.1 Å². The van der Waals surface area contributed by atoms with Crippen LogP contribution in [0.25, 0.3) is 38.9 Å². The van der Waals surface area contributed by atoms with Crippen molar-refractivity contribution in [3.63, 3.8) is 0 Å². The molecule has 4 amide bonds. The number of nitrogens with zero attached hydrogens (tertiary/aromatic N) is 12. The number of anilines is 2. The molecule has 5 fully saturated rings. The highest BCUT2D eigenvalue weighted by atomic mass is 19.1. The second-order valence-corrected chi connectivity index (χ2v) is 19.6. The van der Waals surface area contributed by atoms with Gasteiger partial charge in [-0.3, -0.25) is 29.2 Å². The predicted octanol–water partition coefficient (Wildman–Crippen LogP) is 7.03. The molecule has 0 bridgehead atoms. The van der Waals surface area contributed by atoms with Crippen molar-refractivity contribution in [3.05, 3.63) is 72.2 Å². The summed E-state index contributed by atoms with van der Waals surface area (Å²) >= 11 is 0. The predicted molar refractivity (Wildman–Crippen MR) is 253 cm³/mol. The van der Waals surface area contributed by atoms with E-state index < -0.39 is 6.03 Å². The fraction of sp³-hybridized carbons (Fsp3) is 0.500. The Hall–Kier alpha value is -6.74. The number of aromatic nitrogens is 8. The number of aryl methyl sites for hydroxylation is 1. The van der Waals surface area contributed by atoms with Crippen molar-refractivity contribution in [3.8, 4) is 28.6 Å². The van der Waals surface area contributed by atoms with Gasteiger partial charge in [0.05, 0.1) is 41.4 Å². The summed E-state index contributed by atoms with van der Waals surface area (Å²) in [5, 5.41) is 30.1. The maximum atomic E-state index is 16.3. The van der Waals surface area contributed by atoms with Crippen LogP contribution in [0.3, 0.4) is 0 Å². The molecule has 2 aliphatic carbocycles. The van der Waals surface area contributed by atoms with Crippen molar-refractivity contribution in [2.75, 3.05) is 42.5 Å². The Morgan fingerprint density at radius 3 is 2.37 bits per heavy atom. The van der Waals surface area contributed by atoms with Gasteiger partial charge in [-0.2, -0.15) is 20.6 Å². The molecule has 6 aromatic rings. The Labute approximate surface area is 393 Å². The van der Waals surface area contributed by atoms with Crippen molar-refractivity contribution >= 4 is 45.9 Å². The van der Waals surface area contributed by atoms with Gasteiger partial charge in [0.1, 0.15) is 28.5 Å². The highest BCUT2D eigenvalue weighted by molar-refractivity contribution is 6.09. The van der Waals surface area contributed by atoms with Gasteiger partial charge in [-0.1, -0.05) is 13.0 Å². The molecule has 0 atom stereocenters. The molecule has 0 radical (unpaired) electrons. The van der Waals surface area contributed by atoms with E-state index in [0.717, 1.165) is 114 Å². The number of benzene rings is 1. The highest BCUT2D eigenvalue weighted by Crippen LogP contribution is 2.41. The van der Waals surface area contributed by atoms with Gasteiger partial charge in [-0.25, -0.2) is 23.7 Å². The van der Waals surface area contributed by atoms with E-state index in [9.17, 15) is 19.6 Å². The van der Waals surface area contributed by atoms with Crippen LogP contribution < -0.4 is 20.4 Å². The number of carbonyl (C=O) groups excluding carboxylic acids is 3. The molecule has 5 aliphatic rings. The van der Waals surface area contributed by atoms with Gasteiger partial charge in [0.25, 0.3) is 0 Å². The number of hydrogen-bond donors (Lipinski definition) is 2. The Morgan fingerprint density at radius 2 is 1.68 bits per heavy atom. The maximum absolute atomic E-state index is 16.3. The second-order valence-electron chi connectivity index (χ2n) is 19.6. The summed E-state index contributed by atoms with van der Waals surface area (Å²) in [5.41, 5.74) is 4.77. The zero-order valence-electron chi connectivity index (χ0n) is 38.7. The second kappa shape index (κ2) is 17.7. The van der Waals surface area contributed by atoms with Gasteiger partial charge < -0.3 is 15.1 Å². The van der Waals surface area contributed by atoms with Crippen LogP contribution >= 0.6 is 0 Å². The first kappa shape index (κ1) is 43.8. The van der Waals surface area contributed by atoms with Crippen LogP contribution in [-0.4, -0.2) is 107 Å². The normalized spacial score (nSPS) is 21.8. The number of nitriles is 1. The monoisotopic (exact) mass is 920 g/mol. The first-order chi connectivity index (χ1) is 33.1. The molecule has 0 spiro atoms. The number of halogens is 1. The lowest BCUT2D eigenvalue weighted by Crippen LogP contribution is -2.52. The van der Waals surface area contributed by atoms with Crippen LogP contribution in [0.5, 0.6) is 0 Å². The standard InChI is InChI=1S/C50H57FN14O3/c1-3-50(48(67)56-35-5-4-6-35)18-23-62(24-19-50)41-14-7-32(26-53-41)44-45-33(25-52)27-55-65(45)30-40(57-44)34-28-54-64(29-34)37-10-8-36(9-11-37)61-20-15-31(16-21-61)38-12-13-39-46(43(38)51)60(2)59-47(39)63-22-17-42(66)58-49(63)68/h7,12-14,26-31,35-37H,3-6,8-11,15-24H2,1-2H3,(H,56,67)(H,58,66,68). The Morgan fingerprint density at radius 1 is 0.897 bits per heavy atom. The van der Waals surface area contributed by atoms with Gasteiger partial charge in [0.2, 0.25) is 11.8 Å². The minimum absolute atomic E-state index is 0.0835. The quantitative estimate of drug-likeness (QED) is 0.144. The number of carbonyl (C=O) groups is 3. The van der Waals surface area contributed by atoms with Gasteiger partial charge in [-0.05, 0) is 120 Å². The zero-order chi connectivity index (χ0) is 46.7. The number of pyridine rings is 1. The van der Waals surface area contributed by atoms with Crippen molar-refractivity contribution in [1.82, 2.24) is 54.7 Å². The van der Waals surface area contributed by atoms with E-state index in [-0.39, 0.29) is 48.0 Å². The molecule has 17 nitrogen and oxygen atoms in total. The lowest BCUT2D eigenvalue weighted by Gasteiger charge is -2.42. The average Bonchev–Trinajstić information content (AvgIpc) is 4.11. The fourth-order valence-corrected chi connectivity index (χ4v) is 11.5. The topological polar surface area (TPSA) is 188 Å². The van der Waals surface area contributed by atoms with Gasteiger partial charge in [-0.15, -0.1) is 0 Å². The molecule has 2 N–H and O–H groups in total. The molecular weight excluding hydrogens is 864 g/mol. The molecule has 2 saturated carbocycles. The number of rotatable bonds is 10. The van der Waals surface area contributed by atoms with Crippen molar-refractivity contribution in [2.45, 2.75) is 114 Å². The van der Waals surface area contributed by atoms with Crippen LogP contribution in [0.15, 0.2) is 55.2 Å². The number of piperidine rings is 2. The summed E-state index contributed by atoms with van der Waals surface area (Å²) in [6.45, 7) is 5.65. The van der Waals surface area contributed by atoms with Crippen LogP contribution in [0.4, 0.5) is 20.8 Å². The van der Waals surface area contributed by atoms with E-state index in [0.29, 0.717) is 56.8 Å². The number of fused-ring (bicyclic) bond motifs is 2.